The average molecular weight is 335 g/mol. The molecule has 0 saturated heterocycles. The largest absolute Gasteiger partial charge is 0.298 e. The van der Waals surface area contributed by atoms with Crippen molar-refractivity contribution in [2.75, 3.05) is 11.8 Å². The minimum atomic E-state index is -0.775. The molecule has 1 nitrogen and oxygen atoms in total. The van der Waals surface area contributed by atoms with Gasteiger partial charge in [0.15, 0.2) is 5.78 Å². The first kappa shape index (κ1) is 17.1. The van der Waals surface area contributed by atoms with Gasteiger partial charge in [-0.05, 0) is 25.0 Å². The molecule has 0 bridgehead atoms. The van der Waals surface area contributed by atoms with Crippen molar-refractivity contribution in [3.8, 4) is 0 Å². The van der Waals surface area contributed by atoms with E-state index in [2.05, 4.69) is 0 Å². The summed E-state index contributed by atoms with van der Waals surface area (Å²) < 4.78 is 0. The van der Waals surface area contributed by atoms with Crippen molar-refractivity contribution < 1.29 is 4.79 Å². The summed E-state index contributed by atoms with van der Waals surface area (Å²) >= 11 is 12.4. The van der Waals surface area contributed by atoms with Gasteiger partial charge in [-0.2, -0.15) is 0 Å². The summed E-state index contributed by atoms with van der Waals surface area (Å²) in [4.78, 5) is 13.4. The second-order valence-corrected chi connectivity index (χ2v) is 6.53. The summed E-state index contributed by atoms with van der Waals surface area (Å²) in [5, 5.41) is 0. The Morgan fingerprint density at radius 3 is 1.36 bits per heavy atom. The van der Waals surface area contributed by atoms with Crippen molar-refractivity contribution >= 4 is 29.0 Å². The molecule has 0 heterocycles. The van der Waals surface area contributed by atoms with Crippen molar-refractivity contribution in [2.45, 2.75) is 24.7 Å². The number of hydrogen-bond donors (Lipinski definition) is 0. The number of benzene rings is 2. The van der Waals surface area contributed by atoms with E-state index in [-0.39, 0.29) is 17.5 Å². The van der Waals surface area contributed by atoms with E-state index in [0.29, 0.717) is 0 Å². The first-order valence-corrected chi connectivity index (χ1v) is 8.34. The maximum absolute atomic E-state index is 13.4. The van der Waals surface area contributed by atoms with Gasteiger partial charge >= 0.3 is 0 Å². The molecule has 0 aliphatic carbocycles. The Bertz CT molecular complexity index is 571. The molecule has 0 saturated carbocycles. The third-order valence-corrected chi connectivity index (χ3v) is 5.43. The minimum Gasteiger partial charge on any atom is -0.298 e. The van der Waals surface area contributed by atoms with E-state index in [9.17, 15) is 4.79 Å². The van der Waals surface area contributed by atoms with Gasteiger partial charge < -0.3 is 0 Å². The second kappa shape index (κ2) is 6.85. The Morgan fingerprint density at radius 1 is 0.773 bits per heavy atom. The molecule has 0 aliphatic rings. The van der Waals surface area contributed by atoms with Crippen LogP contribution in [0.15, 0.2) is 60.7 Å². The highest BCUT2D eigenvalue weighted by Crippen LogP contribution is 2.37. The summed E-state index contributed by atoms with van der Waals surface area (Å²) in [6.45, 7) is 3.79. The molecule has 0 fully saturated rings. The Morgan fingerprint density at radius 2 is 1.09 bits per heavy atom. The highest BCUT2D eigenvalue weighted by Gasteiger charge is 2.46. The Hall–Kier alpha value is -1.31. The fourth-order valence-corrected chi connectivity index (χ4v) is 3.31. The van der Waals surface area contributed by atoms with Crippen LogP contribution in [0.4, 0.5) is 0 Å². The molecule has 2 aromatic rings. The van der Waals surface area contributed by atoms with Crippen LogP contribution in [0.2, 0.25) is 0 Å². The molecule has 22 heavy (non-hydrogen) atoms. The lowest BCUT2D eigenvalue weighted by atomic mass is 9.67. The smallest absolute Gasteiger partial charge is 0.155 e. The van der Waals surface area contributed by atoms with Crippen molar-refractivity contribution in [3.05, 3.63) is 71.8 Å². The third-order valence-electron chi connectivity index (χ3n) is 4.36. The highest BCUT2D eigenvalue weighted by atomic mass is 35.5. The van der Waals surface area contributed by atoms with Crippen molar-refractivity contribution in [2.24, 2.45) is 0 Å². The second-order valence-electron chi connectivity index (χ2n) is 5.99. The first-order valence-electron chi connectivity index (χ1n) is 7.27. The zero-order valence-electron chi connectivity index (χ0n) is 12.9. The number of rotatable bonds is 6. The van der Waals surface area contributed by atoms with E-state index in [1.165, 1.54) is 0 Å². The predicted molar refractivity (Wildman–Crippen MR) is 94.0 cm³/mol. The molecule has 0 spiro atoms. The van der Waals surface area contributed by atoms with Crippen LogP contribution in [-0.4, -0.2) is 17.5 Å². The van der Waals surface area contributed by atoms with Gasteiger partial charge in [0.05, 0.1) is 10.8 Å². The van der Waals surface area contributed by atoms with Crippen molar-refractivity contribution in [1.82, 2.24) is 0 Å². The van der Waals surface area contributed by atoms with Gasteiger partial charge in [-0.3, -0.25) is 4.79 Å². The van der Waals surface area contributed by atoms with E-state index >= 15 is 0 Å². The summed E-state index contributed by atoms with van der Waals surface area (Å²) in [7, 11) is 0. The SMILES string of the molecule is CC(CCl)(C(=O)C(C)(CCl)c1ccccc1)c1ccccc1. The molecule has 0 aliphatic heterocycles. The van der Waals surface area contributed by atoms with Gasteiger partial charge in [0, 0.05) is 11.8 Å². The zero-order valence-corrected chi connectivity index (χ0v) is 14.4. The lowest BCUT2D eigenvalue weighted by Crippen LogP contribution is -2.48. The molecule has 116 valence electrons. The number of Topliss-reactive ketones (excluding diaryl/α,β-unsaturated/α-hetero) is 1. The van der Waals surface area contributed by atoms with Gasteiger partial charge in [0.1, 0.15) is 0 Å². The van der Waals surface area contributed by atoms with E-state index in [4.69, 9.17) is 23.2 Å². The maximum atomic E-state index is 13.4. The topological polar surface area (TPSA) is 17.1 Å². The van der Waals surface area contributed by atoms with Crippen LogP contribution >= 0.6 is 23.2 Å². The van der Waals surface area contributed by atoms with Gasteiger partial charge in [-0.15, -0.1) is 23.2 Å². The molecule has 0 aromatic heterocycles. The standard InChI is InChI=1S/C19H20Cl2O/c1-18(13-20,15-9-5-3-6-10-15)17(22)19(2,14-21)16-11-7-4-8-12-16/h3-12H,13-14H2,1-2H3. The normalized spacial score (nSPS) is 16.5. The summed E-state index contributed by atoms with van der Waals surface area (Å²) in [6.07, 6.45) is 0. The van der Waals surface area contributed by atoms with Gasteiger partial charge in [-0.25, -0.2) is 0 Å². The van der Waals surface area contributed by atoms with E-state index in [1.807, 2.05) is 74.5 Å². The average Bonchev–Trinajstić information content (AvgIpc) is 2.61. The fourth-order valence-electron chi connectivity index (χ4n) is 2.76. The van der Waals surface area contributed by atoms with Crippen LogP contribution in [-0.2, 0) is 15.6 Å². The summed E-state index contributed by atoms with van der Waals surface area (Å²) in [5.41, 5.74) is 0.287. The number of halogens is 2. The number of hydrogen-bond acceptors (Lipinski definition) is 1. The van der Waals surface area contributed by atoms with Crippen LogP contribution in [0.25, 0.3) is 0 Å². The monoisotopic (exact) mass is 334 g/mol. The predicted octanol–water partition coefficient (Wildman–Crippen LogP) is 4.95. The Kier molecular flexibility index (Phi) is 5.31. The number of carbonyl (C=O) groups is 1. The molecular formula is C19H20Cl2O. The minimum absolute atomic E-state index is 0.0439. The number of alkyl halides is 2. The zero-order chi connectivity index (χ0) is 16.2. The van der Waals surface area contributed by atoms with Crippen molar-refractivity contribution in [3.63, 3.8) is 0 Å². The molecule has 2 aromatic carbocycles. The quantitative estimate of drug-likeness (QED) is 0.683. The molecule has 2 atom stereocenters. The molecule has 0 amide bonds. The van der Waals surface area contributed by atoms with E-state index in [1.54, 1.807) is 0 Å². The van der Waals surface area contributed by atoms with Crippen LogP contribution in [0.1, 0.15) is 25.0 Å². The fraction of sp³-hybridized carbons (Fsp3) is 0.316. The molecule has 2 rings (SSSR count). The third kappa shape index (κ3) is 2.93. The lowest BCUT2D eigenvalue weighted by molar-refractivity contribution is -0.127. The van der Waals surface area contributed by atoms with Crippen molar-refractivity contribution in [1.29, 1.82) is 0 Å². The van der Waals surface area contributed by atoms with Gasteiger partial charge in [0.2, 0.25) is 0 Å². The van der Waals surface area contributed by atoms with Crippen LogP contribution in [0, 0.1) is 0 Å². The number of ketones is 1. The maximum Gasteiger partial charge on any atom is 0.155 e. The molecule has 0 radical (unpaired) electrons. The Balaban J connectivity index is 2.51. The first-order chi connectivity index (χ1) is 10.5. The summed E-state index contributed by atoms with van der Waals surface area (Å²) in [5.74, 6) is 0.479. The lowest BCUT2D eigenvalue weighted by Gasteiger charge is -2.36. The van der Waals surface area contributed by atoms with Gasteiger partial charge in [0.25, 0.3) is 0 Å². The van der Waals surface area contributed by atoms with Crippen LogP contribution in [0.5, 0.6) is 0 Å². The summed E-state index contributed by atoms with van der Waals surface area (Å²) in [6, 6.07) is 19.3. The van der Waals surface area contributed by atoms with Gasteiger partial charge in [-0.1, -0.05) is 60.7 Å². The van der Waals surface area contributed by atoms with E-state index in [0.717, 1.165) is 11.1 Å². The molecule has 2 unspecified atom stereocenters. The molecule has 3 heteroatoms. The van der Waals surface area contributed by atoms with Crippen LogP contribution in [0.3, 0.4) is 0 Å². The van der Waals surface area contributed by atoms with Crippen LogP contribution < -0.4 is 0 Å². The molecule has 0 N–H and O–H groups in total. The Labute approximate surface area is 142 Å². The highest BCUT2D eigenvalue weighted by molar-refractivity contribution is 6.24. The number of carbonyl (C=O) groups excluding carboxylic acids is 1. The van der Waals surface area contributed by atoms with E-state index < -0.39 is 10.8 Å². The molecular weight excluding hydrogens is 315 g/mol.